The van der Waals surface area contributed by atoms with Crippen molar-refractivity contribution in [2.45, 2.75) is 18.6 Å². The highest BCUT2D eigenvalue weighted by molar-refractivity contribution is 6.25. The number of amides is 2. The summed E-state index contributed by atoms with van der Waals surface area (Å²) in [7, 11) is 0. The second kappa shape index (κ2) is 6.38. The number of aromatic nitrogens is 2. The third-order valence-electron chi connectivity index (χ3n) is 4.67. The van der Waals surface area contributed by atoms with Crippen LogP contribution in [0, 0.1) is 0 Å². The number of nitrogens with zero attached hydrogens (tertiary/aromatic N) is 6. The Kier molecular flexibility index (Phi) is 3.71. The lowest BCUT2D eigenvalue weighted by Crippen LogP contribution is -2.39. The molecule has 0 saturated carbocycles. The zero-order valence-electron chi connectivity index (χ0n) is 14.5. The van der Waals surface area contributed by atoms with Crippen LogP contribution in [0.1, 0.15) is 5.89 Å². The molecule has 1 aromatic heterocycles. The molecule has 2 aromatic carbocycles. The van der Waals surface area contributed by atoms with E-state index in [9.17, 15) is 9.59 Å². The maximum atomic E-state index is 12.9. The Labute approximate surface area is 159 Å². The van der Waals surface area contributed by atoms with Crippen molar-refractivity contribution < 1.29 is 14.1 Å². The first kappa shape index (κ1) is 16.3. The van der Waals surface area contributed by atoms with Crippen LogP contribution in [0.4, 0.5) is 5.69 Å². The van der Waals surface area contributed by atoms with Gasteiger partial charge in [0, 0.05) is 5.56 Å². The minimum Gasteiger partial charge on any atom is -0.337 e. The number of benzene rings is 2. The lowest BCUT2D eigenvalue weighted by molar-refractivity contribution is -0.123. The first-order chi connectivity index (χ1) is 13.7. The van der Waals surface area contributed by atoms with Crippen molar-refractivity contribution >= 4 is 17.5 Å². The van der Waals surface area contributed by atoms with Crippen LogP contribution in [-0.4, -0.2) is 39.0 Å². The number of rotatable bonds is 4. The van der Waals surface area contributed by atoms with E-state index in [-0.39, 0.29) is 24.2 Å². The predicted octanol–water partition coefficient (Wildman–Crippen LogP) is 2.23. The predicted molar refractivity (Wildman–Crippen MR) is 96.6 cm³/mol. The topological polar surface area (TPSA) is 104 Å². The number of anilines is 1. The summed E-state index contributed by atoms with van der Waals surface area (Å²) in [5.41, 5.74) is 1.34. The molecule has 5 rings (SSSR count). The van der Waals surface area contributed by atoms with Gasteiger partial charge in [0.1, 0.15) is 6.54 Å². The Bertz CT molecular complexity index is 1070. The maximum absolute atomic E-state index is 12.9. The maximum Gasteiger partial charge on any atom is 0.263 e. The molecule has 2 amide bonds. The molecule has 0 N–H and O–H groups in total. The first-order valence-corrected chi connectivity index (χ1v) is 8.70. The van der Waals surface area contributed by atoms with Gasteiger partial charge in [-0.05, 0) is 12.1 Å². The molecule has 138 valence electrons. The van der Waals surface area contributed by atoms with Gasteiger partial charge in [-0.3, -0.25) is 14.6 Å². The highest BCUT2D eigenvalue weighted by atomic mass is 16.5. The van der Waals surface area contributed by atoms with Crippen molar-refractivity contribution in [1.82, 2.24) is 15.1 Å². The smallest absolute Gasteiger partial charge is 0.263 e. The number of hydrogen-bond donors (Lipinski definition) is 0. The SMILES string of the molecule is O=C1[C@@H]2N=NN(Cc3nc(-c4ccccc4)no3)[C@H]2C(=O)N1c1ccccc1. The Morgan fingerprint density at radius 1 is 0.929 bits per heavy atom. The van der Waals surface area contributed by atoms with Crippen LogP contribution in [-0.2, 0) is 16.1 Å². The lowest BCUT2D eigenvalue weighted by Gasteiger charge is -2.19. The molecule has 0 aliphatic carbocycles. The van der Waals surface area contributed by atoms with Crippen LogP contribution in [0.5, 0.6) is 0 Å². The second-order valence-electron chi connectivity index (χ2n) is 6.42. The van der Waals surface area contributed by atoms with E-state index < -0.39 is 12.1 Å². The number of fused-ring (bicyclic) bond motifs is 1. The number of carbonyl (C=O) groups is 2. The summed E-state index contributed by atoms with van der Waals surface area (Å²) in [4.78, 5) is 31.1. The lowest BCUT2D eigenvalue weighted by atomic mass is 10.1. The van der Waals surface area contributed by atoms with E-state index in [4.69, 9.17) is 4.52 Å². The van der Waals surface area contributed by atoms with Gasteiger partial charge in [-0.25, -0.2) is 4.90 Å². The summed E-state index contributed by atoms with van der Waals surface area (Å²) in [6.45, 7) is 0.0894. The average molecular weight is 374 g/mol. The largest absolute Gasteiger partial charge is 0.337 e. The highest BCUT2D eigenvalue weighted by Gasteiger charge is 2.55. The monoisotopic (exact) mass is 374 g/mol. The van der Waals surface area contributed by atoms with E-state index in [0.29, 0.717) is 11.5 Å². The molecule has 0 spiro atoms. The zero-order chi connectivity index (χ0) is 19.1. The second-order valence-corrected chi connectivity index (χ2v) is 6.42. The van der Waals surface area contributed by atoms with Crippen LogP contribution in [0.25, 0.3) is 11.4 Å². The molecule has 2 aliphatic heterocycles. The Balaban J connectivity index is 1.37. The van der Waals surface area contributed by atoms with Crippen molar-refractivity contribution in [2.24, 2.45) is 10.3 Å². The van der Waals surface area contributed by atoms with Gasteiger partial charge in [0.2, 0.25) is 11.7 Å². The molecule has 28 heavy (non-hydrogen) atoms. The van der Waals surface area contributed by atoms with Crippen LogP contribution in [0.3, 0.4) is 0 Å². The minimum absolute atomic E-state index is 0.0894. The number of carbonyl (C=O) groups excluding carboxylic acids is 2. The molecular formula is C19H14N6O3. The number of imide groups is 1. The molecule has 0 radical (unpaired) electrons. The third kappa shape index (κ3) is 2.56. The fourth-order valence-corrected chi connectivity index (χ4v) is 3.35. The molecular weight excluding hydrogens is 360 g/mol. The number of para-hydroxylation sites is 1. The molecule has 1 fully saturated rings. The van der Waals surface area contributed by atoms with Gasteiger partial charge in [0.15, 0.2) is 12.1 Å². The Morgan fingerprint density at radius 2 is 1.64 bits per heavy atom. The molecule has 0 unspecified atom stereocenters. The quantitative estimate of drug-likeness (QED) is 0.649. The summed E-state index contributed by atoms with van der Waals surface area (Å²) in [6.07, 6.45) is 0. The Hall–Kier alpha value is -3.88. The van der Waals surface area contributed by atoms with Crippen molar-refractivity contribution in [3.05, 3.63) is 66.6 Å². The number of hydrogen-bond acceptors (Lipinski definition) is 8. The van der Waals surface area contributed by atoms with Crippen molar-refractivity contribution in [3.8, 4) is 11.4 Å². The summed E-state index contributed by atoms with van der Waals surface area (Å²) in [6, 6.07) is 16.5. The molecule has 9 nitrogen and oxygen atoms in total. The summed E-state index contributed by atoms with van der Waals surface area (Å²) < 4.78 is 5.29. The fourth-order valence-electron chi connectivity index (χ4n) is 3.35. The van der Waals surface area contributed by atoms with Gasteiger partial charge in [-0.1, -0.05) is 58.9 Å². The first-order valence-electron chi connectivity index (χ1n) is 8.70. The van der Waals surface area contributed by atoms with Crippen molar-refractivity contribution in [3.63, 3.8) is 0 Å². The van der Waals surface area contributed by atoms with Crippen LogP contribution < -0.4 is 4.90 Å². The molecule has 2 aliphatic rings. The van der Waals surface area contributed by atoms with E-state index in [0.717, 1.165) is 10.5 Å². The molecule has 3 heterocycles. The molecule has 2 atom stereocenters. The zero-order valence-corrected chi connectivity index (χ0v) is 14.5. The van der Waals surface area contributed by atoms with E-state index in [1.165, 1.54) is 5.01 Å². The van der Waals surface area contributed by atoms with Crippen LogP contribution in [0.2, 0.25) is 0 Å². The van der Waals surface area contributed by atoms with E-state index >= 15 is 0 Å². The van der Waals surface area contributed by atoms with E-state index in [2.05, 4.69) is 20.5 Å². The fraction of sp³-hybridized carbons (Fsp3) is 0.158. The van der Waals surface area contributed by atoms with E-state index in [1.807, 2.05) is 36.4 Å². The van der Waals surface area contributed by atoms with Crippen molar-refractivity contribution in [2.75, 3.05) is 4.90 Å². The standard InChI is InChI=1S/C19H14N6O3/c26-18-15-16(19(27)25(18)13-9-5-2-6-10-13)24(23-21-15)11-14-20-17(22-28-14)12-7-3-1-4-8-12/h1-10,15-16H,11H2/t15-,16-/m1/s1. The molecule has 9 heteroatoms. The van der Waals surface area contributed by atoms with Gasteiger partial charge < -0.3 is 4.52 Å². The van der Waals surface area contributed by atoms with Gasteiger partial charge in [0.25, 0.3) is 11.8 Å². The molecule has 1 saturated heterocycles. The Morgan fingerprint density at radius 3 is 2.39 bits per heavy atom. The van der Waals surface area contributed by atoms with Crippen molar-refractivity contribution in [1.29, 1.82) is 0 Å². The van der Waals surface area contributed by atoms with Gasteiger partial charge >= 0.3 is 0 Å². The van der Waals surface area contributed by atoms with Gasteiger partial charge in [0.05, 0.1) is 5.69 Å². The van der Waals surface area contributed by atoms with E-state index in [1.54, 1.807) is 24.3 Å². The average Bonchev–Trinajstić information content (AvgIpc) is 3.42. The summed E-state index contributed by atoms with van der Waals surface area (Å²) in [5, 5.41) is 13.4. The van der Waals surface area contributed by atoms with Gasteiger partial charge in [-0.15, -0.1) is 0 Å². The normalized spacial score (nSPS) is 20.9. The van der Waals surface area contributed by atoms with Crippen LogP contribution in [0.15, 0.2) is 75.5 Å². The highest BCUT2D eigenvalue weighted by Crippen LogP contribution is 2.32. The minimum atomic E-state index is -0.857. The molecule has 0 bridgehead atoms. The third-order valence-corrected chi connectivity index (χ3v) is 4.67. The van der Waals surface area contributed by atoms with Gasteiger partial charge in [-0.2, -0.15) is 10.1 Å². The van der Waals surface area contributed by atoms with Crippen LogP contribution >= 0.6 is 0 Å². The summed E-state index contributed by atoms with van der Waals surface area (Å²) >= 11 is 0. The molecule has 3 aromatic rings. The summed E-state index contributed by atoms with van der Waals surface area (Å²) in [5.74, 6) is -0.0168.